The summed E-state index contributed by atoms with van der Waals surface area (Å²) in [7, 11) is -0.404. The molecule has 0 heterocycles. The second-order valence-electron chi connectivity index (χ2n) is 3.34. The molecule has 0 aliphatic rings. The molecule has 90 valence electrons. The third kappa shape index (κ3) is 4.18. The molecule has 0 spiro atoms. The van der Waals surface area contributed by atoms with Crippen LogP contribution in [0.1, 0.15) is 0 Å². The van der Waals surface area contributed by atoms with E-state index < -0.39 is 10.2 Å². The van der Waals surface area contributed by atoms with Crippen molar-refractivity contribution in [2.45, 2.75) is 0 Å². The van der Waals surface area contributed by atoms with Crippen molar-refractivity contribution in [1.82, 2.24) is 9.03 Å². The molecule has 0 atom stereocenters. The highest BCUT2D eigenvalue weighted by atomic mass is 32.2. The highest BCUT2D eigenvalue weighted by Crippen LogP contribution is 2.07. The molecule has 1 rings (SSSR count). The molecule has 1 aromatic carbocycles. The Morgan fingerprint density at radius 1 is 1.25 bits per heavy atom. The van der Waals surface area contributed by atoms with E-state index in [2.05, 4.69) is 4.72 Å². The molecule has 6 heteroatoms. The standard InChI is InChI=1S/C10H16N2O3S/c1-12(2)16(13,14)11-8-9-15-10-6-4-3-5-7-10/h3-7,11H,8-9H2,1-2H3. The van der Waals surface area contributed by atoms with E-state index >= 15 is 0 Å². The molecule has 0 saturated carbocycles. The maximum Gasteiger partial charge on any atom is 0.279 e. The lowest BCUT2D eigenvalue weighted by Crippen LogP contribution is -2.37. The Balaban J connectivity index is 2.28. The van der Waals surface area contributed by atoms with Crippen molar-refractivity contribution in [2.24, 2.45) is 0 Å². The molecular weight excluding hydrogens is 228 g/mol. The molecule has 5 nitrogen and oxygen atoms in total. The van der Waals surface area contributed by atoms with Gasteiger partial charge in [-0.2, -0.15) is 17.4 Å². The van der Waals surface area contributed by atoms with Gasteiger partial charge in [0.1, 0.15) is 12.4 Å². The van der Waals surface area contributed by atoms with Crippen LogP contribution in [-0.2, 0) is 10.2 Å². The van der Waals surface area contributed by atoms with Gasteiger partial charge < -0.3 is 4.74 Å². The Morgan fingerprint density at radius 3 is 2.44 bits per heavy atom. The fraction of sp³-hybridized carbons (Fsp3) is 0.400. The summed E-state index contributed by atoms with van der Waals surface area (Å²) in [4.78, 5) is 0. The number of ether oxygens (including phenoxy) is 1. The number of nitrogens with zero attached hydrogens (tertiary/aromatic N) is 1. The predicted octanol–water partition coefficient (Wildman–Crippen LogP) is 0.461. The van der Waals surface area contributed by atoms with Crippen molar-refractivity contribution in [2.75, 3.05) is 27.2 Å². The smallest absolute Gasteiger partial charge is 0.279 e. The molecular formula is C10H16N2O3S. The summed E-state index contributed by atoms with van der Waals surface area (Å²) >= 11 is 0. The van der Waals surface area contributed by atoms with Crippen LogP contribution in [0.25, 0.3) is 0 Å². The normalized spacial score (nSPS) is 11.7. The summed E-state index contributed by atoms with van der Waals surface area (Å²) in [5, 5.41) is 0. The van der Waals surface area contributed by atoms with Crippen LogP contribution in [-0.4, -0.2) is 40.0 Å². The van der Waals surface area contributed by atoms with Gasteiger partial charge in [0.05, 0.1) is 0 Å². The molecule has 1 aromatic rings. The molecule has 0 aliphatic heterocycles. The number of hydrogen-bond donors (Lipinski definition) is 1. The highest BCUT2D eigenvalue weighted by Gasteiger charge is 2.11. The van der Waals surface area contributed by atoms with Crippen LogP contribution in [0.4, 0.5) is 0 Å². The van der Waals surface area contributed by atoms with E-state index in [1.807, 2.05) is 30.3 Å². The Hall–Kier alpha value is -1.11. The summed E-state index contributed by atoms with van der Waals surface area (Å²) in [6, 6.07) is 9.25. The van der Waals surface area contributed by atoms with Crippen molar-refractivity contribution >= 4 is 10.2 Å². The largest absolute Gasteiger partial charge is 0.492 e. The van der Waals surface area contributed by atoms with Crippen LogP contribution in [0.5, 0.6) is 5.75 Å². The van der Waals surface area contributed by atoms with Crippen molar-refractivity contribution in [1.29, 1.82) is 0 Å². The topological polar surface area (TPSA) is 58.6 Å². The quantitative estimate of drug-likeness (QED) is 0.740. The molecule has 0 bridgehead atoms. The van der Waals surface area contributed by atoms with Gasteiger partial charge in [0, 0.05) is 20.6 Å². The van der Waals surface area contributed by atoms with E-state index in [0.717, 1.165) is 10.1 Å². The average molecular weight is 244 g/mol. The van der Waals surface area contributed by atoms with Crippen LogP contribution >= 0.6 is 0 Å². The highest BCUT2D eigenvalue weighted by molar-refractivity contribution is 7.87. The number of para-hydroxylation sites is 1. The van der Waals surface area contributed by atoms with Crippen molar-refractivity contribution in [3.8, 4) is 5.75 Å². The first-order chi connectivity index (χ1) is 7.52. The number of benzene rings is 1. The van der Waals surface area contributed by atoms with E-state index in [1.54, 1.807) is 0 Å². The van der Waals surface area contributed by atoms with Gasteiger partial charge in [-0.15, -0.1) is 0 Å². The van der Waals surface area contributed by atoms with Crippen LogP contribution in [0.3, 0.4) is 0 Å². The fourth-order valence-corrected chi connectivity index (χ4v) is 1.58. The minimum Gasteiger partial charge on any atom is -0.492 e. The summed E-state index contributed by atoms with van der Waals surface area (Å²) in [5.74, 6) is 0.728. The van der Waals surface area contributed by atoms with E-state index in [-0.39, 0.29) is 6.54 Å². The fourth-order valence-electron chi connectivity index (χ4n) is 0.985. The van der Waals surface area contributed by atoms with E-state index in [4.69, 9.17) is 4.74 Å². The molecule has 0 aromatic heterocycles. The average Bonchev–Trinajstić information content (AvgIpc) is 2.26. The van der Waals surface area contributed by atoms with Crippen LogP contribution in [0.15, 0.2) is 30.3 Å². The lowest BCUT2D eigenvalue weighted by Gasteiger charge is -2.12. The van der Waals surface area contributed by atoms with Gasteiger partial charge in [0.2, 0.25) is 0 Å². The van der Waals surface area contributed by atoms with E-state index in [0.29, 0.717) is 6.61 Å². The monoisotopic (exact) mass is 244 g/mol. The lowest BCUT2D eigenvalue weighted by molar-refractivity contribution is 0.321. The van der Waals surface area contributed by atoms with Gasteiger partial charge >= 0.3 is 0 Å². The zero-order valence-electron chi connectivity index (χ0n) is 9.38. The zero-order chi connectivity index (χ0) is 12.0. The number of nitrogens with one attached hydrogen (secondary N) is 1. The number of rotatable bonds is 6. The van der Waals surface area contributed by atoms with Gasteiger partial charge in [-0.3, -0.25) is 0 Å². The SMILES string of the molecule is CN(C)S(=O)(=O)NCCOc1ccccc1. The molecule has 1 N–H and O–H groups in total. The van der Waals surface area contributed by atoms with Gasteiger partial charge in [-0.1, -0.05) is 18.2 Å². The zero-order valence-corrected chi connectivity index (χ0v) is 10.2. The molecule has 16 heavy (non-hydrogen) atoms. The van der Waals surface area contributed by atoms with Gasteiger partial charge in [-0.05, 0) is 12.1 Å². The maximum atomic E-state index is 11.3. The van der Waals surface area contributed by atoms with Crippen LogP contribution < -0.4 is 9.46 Å². The molecule has 0 fully saturated rings. The van der Waals surface area contributed by atoms with E-state index in [9.17, 15) is 8.42 Å². The Labute approximate surface area is 96.2 Å². The first-order valence-corrected chi connectivity index (χ1v) is 6.31. The Bertz CT molecular complexity index is 403. The third-order valence-corrected chi connectivity index (χ3v) is 3.41. The minimum absolute atomic E-state index is 0.245. The molecule has 0 saturated heterocycles. The first kappa shape index (κ1) is 13.0. The maximum absolute atomic E-state index is 11.3. The third-order valence-electron chi connectivity index (χ3n) is 1.88. The molecule has 0 aliphatic carbocycles. The second-order valence-corrected chi connectivity index (χ2v) is 5.31. The summed E-state index contributed by atoms with van der Waals surface area (Å²) in [5.41, 5.74) is 0. The Morgan fingerprint density at radius 2 is 1.88 bits per heavy atom. The van der Waals surface area contributed by atoms with Crippen LogP contribution in [0, 0.1) is 0 Å². The molecule has 0 amide bonds. The van der Waals surface area contributed by atoms with Gasteiger partial charge in [0.15, 0.2) is 0 Å². The van der Waals surface area contributed by atoms with E-state index in [1.165, 1.54) is 14.1 Å². The Kier molecular flexibility index (Phi) is 4.72. The van der Waals surface area contributed by atoms with Gasteiger partial charge in [0.25, 0.3) is 10.2 Å². The molecule has 0 unspecified atom stereocenters. The van der Waals surface area contributed by atoms with Crippen molar-refractivity contribution in [3.05, 3.63) is 30.3 Å². The van der Waals surface area contributed by atoms with Crippen molar-refractivity contribution < 1.29 is 13.2 Å². The molecule has 0 radical (unpaired) electrons. The van der Waals surface area contributed by atoms with Crippen molar-refractivity contribution in [3.63, 3.8) is 0 Å². The first-order valence-electron chi connectivity index (χ1n) is 4.87. The van der Waals surface area contributed by atoms with Gasteiger partial charge in [-0.25, -0.2) is 0 Å². The summed E-state index contributed by atoms with van der Waals surface area (Å²) < 4.78 is 31.5. The second kappa shape index (κ2) is 5.83. The number of hydrogen-bond acceptors (Lipinski definition) is 3. The lowest BCUT2D eigenvalue weighted by atomic mass is 10.3. The minimum atomic E-state index is -3.35. The summed E-state index contributed by atoms with van der Waals surface area (Å²) in [6.45, 7) is 0.548. The van der Waals surface area contributed by atoms with Crippen LogP contribution in [0.2, 0.25) is 0 Å². The predicted molar refractivity (Wildman–Crippen MR) is 62.5 cm³/mol. The summed E-state index contributed by atoms with van der Waals surface area (Å²) in [6.07, 6.45) is 0.